The van der Waals surface area contributed by atoms with E-state index in [0.717, 1.165) is 17.7 Å². The fourth-order valence-corrected chi connectivity index (χ4v) is 1.75. The number of hydrogen-bond acceptors (Lipinski definition) is 2. The summed E-state index contributed by atoms with van der Waals surface area (Å²) in [7, 11) is 0. The molecule has 1 heterocycles. The lowest BCUT2D eigenvalue weighted by atomic mass is 10.0. The Kier molecular flexibility index (Phi) is 5.16. The van der Waals surface area contributed by atoms with Gasteiger partial charge in [-0.15, -0.1) is 0 Å². The molecule has 0 aliphatic carbocycles. The summed E-state index contributed by atoms with van der Waals surface area (Å²) >= 11 is 0. The molecule has 1 aromatic carbocycles. The molecule has 5 heteroatoms. The number of hydrogen-bond donors (Lipinski definition) is 1. The first-order valence-corrected chi connectivity index (χ1v) is 5.91. The van der Waals surface area contributed by atoms with Crippen LogP contribution in [-0.2, 0) is 23.9 Å². The van der Waals surface area contributed by atoms with Crippen LogP contribution in [0.2, 0.25) is 0 Å². The first-order chi connectivity index (χ1) is 8.47. The van der Waals surface area contributed by atoms with Crippen LogP contribution in [0.4, 0.5) is 13.2 Å². The Morgan fingerprint density at radius 1 is 1.22 bits per heavy atom. The topological polar surface area (TPSA) is 29.5 Å². The maximum atomic E-state index is 12.4. The second-order valence-corrected chi connectivity index (χ2v) is 3.85. The van der Waals surface area contributed by atoms with Crippen molar-refractivity contribution >= 4 is 0 Å². The number of halogens is 3. The molecule has 0 radical (unpaired) electrons. The molecular formula is C13H17F3O2. The molecule has 0 bridgehead atoms. The normalized spacial score (nSPS) is 19.3. The summed E-state index contributed by atoms with van der Waals surface area (Å²) in [6.07, 6.45) is -4.63. The molecule has 18 heavy (non-hydrogen) atoms. The van der Waals surface area contributed by atoms with Gasteiger partial charge in [0.1, 0.15) is 0 Å². The zero-order valence-electron chi connectivity index (χ0n) is 10.4. The fourth-order valence-electron chi connectivity index (χ4n) is 1.75. The Hall–Kier alpha value is -1.07. The first kappa shape index (κ1) is 15.0. The summed E-state index contributed by atoms with van der Waals surface area (Å²) in [4.78, 5) is 0. The molecule has 0 saturated carbocycles. The molecule has 1 aromatic rings. The van der Waals surface area contributed by atoms with Crippen molar-refractivity contribution in [2.45, 2.75) is 39.2 Å². The van der Waals surface area contributed by atoms with E-state index in [2.05, 4.69) is 0 Å². The Balaban J connectivity index is 0.000000771. The van der Waals surface area contributed by atoms with Crippen LogP contribution < -0.4 is 0 Å². The van der Waals surface area contributed by atoms with Gasteiger partial charge in [0.2, 0.25) is 0 Å². The SMILES string of the molecule is CC.OC1COCc2cc(C(F)(F)F)ccc2C1. The molecule has 1 aliphatic heterocycles. The van der Waals surface area contributed by atoms with Gasteiger partial charge in [-0.1, -0.05) is 19.9 Å². The van der Waals surface area contributed by atoms with Crippen molar-refractivity contribution in [1.82, 2.24) is 0 Å². The predicted molar refractivity (Wildman–Crippen MR) is 62.2 cm³/mol. The molecule has 1 N–H and O–H groups in total. The molecule has 2 nitrogen and oxygen atoms in total. The Bertz CT molecular complexity index is 388. The van der Waals surface area contributed by atoms with E-state index in [1.807, 2.05) is 13.8 Å². The number of fused-ring (bicyclic) bond motifs is 1. The van der Waals surface area contributed by atoms with E-state index < -0.39 is 17.8 Å². The van der Waals surface area contributed by atoms with E-state index in [-0.39, 0.29) is 13.2 Å². The number of benzene rings is 1. The number of alkyl halides is 3. The van der Waals surface area contributed by atoms with Crippen LogP contribution >= 0.6 is 0 Å². The van der Waals surface area contributed by atoms with Crippen molar-refractivity contribution in [3.8, 4) is 0 Å². The maximum Gasteiger partial charge on any atom is 0.416 e. The van der Waals surface area contributed by atoms with Gasteiger partial charge in [-0.05, 0) is 23.3 Å². The van der Waals surface area contributed by atoms with Gasteiger partial charge in [0.15, 0.2) is 0 Å². The second kappa shape index (κ2) is 6.20. The predicted octanol–water partition coefficient (Wildman–Crippen LogP) is 3.17. The smallest absolute Gasteiger partial charge is 0.390 e. The summed E-state index contributed by atoms with van der Waals surface area (Å²) in [5.74, 6) is 0. The average molecular weight is 262 g/mol. The Morgan fingerprint density at radius 3 is 2.50 bits per heavy atom. The van der Waals surface area contributed by atoms with Gasteiger partial charge in [0.05, 0.1) is 24.9 Å². The number of rotatable bonds is 0. The van der Waals surface area contributed by atoms with Crippen LogP contribution in [0.1, 0.15) is 30.5 Å². The Labute approximate surface area is 104 Å². The van der Waals surface area contributed by atoms with Crippen molar-refractivity contribution in [3.63, 3.8) is 0 Å². The second-order valence-electron chi connectivity index (χ2n) is 3.85. The molecule has 1 aliphatic rings. The van der Waals surface area contributed by atoms with Gasteiger partial charge < -0.3 is 9.84 Å². The van der Waals surface area contributed by atoms with Gasteiger partial charge in [-0.2, -0.15) is 13.2 Å². The molecule has 1 atom stereocenters. The monoisotopic (exact) mass is 262 g/mol. The molecule has 2 rings (SSSR count). The van der Waals surface area contributed by atoms with Gasteiger partial charge in [0.25, 0.3) is 0 Å². The lowest BCUT2D eigenvalue weighted by Crippen LogP contribution is -2.14. The summed E-state index contributed by atoms with van der Waals surface area (Å²) in [6, 6.07) is 3.54. The fraction of sp³-hybridized carbons (Fsp3) is 0.538. The highest BCUT2D eigenvalue weighted by atomic mass is 19.4. The zero-order valence-corrected chi connectivity index (χ0v) is 10.4. The highest BCUT2D eigenvalue weighted by molar-refractivity contribution is 5.34. The Morgan fingerprint density at radius 2 is 1.89 bits per heavy atom. The van der Waals surface area contributed by atoms with E-state index in [1.54, 1.807) is 0 Å². The van der Waals surface area contributed by atoms with Gasteiger partial charge in [0, 0.05) is 6.42 Å². The van der Waals surface area contributed by atoms with E-state index >= 15 is 0 Å². The third-order valence-corrected chi connectivity index (χ3v) is 2.56. The number of aliphatic hydroxyl groups is 1. The molecular weight excluding hydrogens is 245 g/mol. The van der Waals surface area contributed by atoms with Crippen molar-refractivity contribution < 1.29 is 23.0 Å². The molecule has 1 unspecified atom stereocenters. The number of ether oxygens (including phenoxy) is 1. The third-order valence-electron chi connectivity index (χ3n) is 2.56. The highest BCUT2D eigenvalue weighted by Crippen LogP contribution is 2.31. The van der Waals surface area contributed by atoms with Gasteiger partial charge in [-0.3, -0.25) is 0 Å². The summed E-state index contributed by atoms with van der Waals surface area (Å²) < 4.78 is 42.4. The highest BCUT2D eigenvalue weighted by Gasteiger charge is 2.31. The van der Waals surface area contributed by atoms with Crippen LogP contribution in [0.5, 0.6) is 0 Å². The molecule has 0 amide bonds. The van der Waals surface area contributed by atoms with Crippen molar-refractivity contribution in [2.75, 3.05) is 6.61 Å². The van der Waals surface area contributed by atoms with Crippen molar-refractivity contribution in [3.05, 3.63) is 34.9 Å². The average Bonchev–Trinajstić information content (AvgIpc) is 2.50. The summed E-state index contributed by atoms with van der Waals surface area (Å²) in [6.45, 7) is 4.28. The molecule has 0 fully saturated rings. The quantitative estimate of drug-likeness (QED) is 0.778. The molecule has 0 spiro atoms. The van der Waals surface area contributed by atoms with Crippen LogP contribution in [0.25, 0.3) is 0 Å². The minimum atomic E-state index is -4.33. The van der Waals surface area contributed by atoms with E-state index in [9.17, 15) is 18.3 Å². The van der Waals surface area contributed by atoms with Crippen LogP contribution in [-0.4, -0.2) is 17.8 Å². The van der Waals surface area contributed by atoms with Crippen LogP contribution in [0, 0.1) is 0 Å². The summed E-state index contributed by atoms with van der Waals surface area (Å²) in [5, 5.41) is 9.42. The minimum Gasteiger partial charge on any atom is -0.390 e. The van der Waals surface area contributed by atoms with E-state index in [4.69, 9.17) is 4.74 Å². The van der Waals surface area contributed by atoms with E-state index in [0.29, 0.717) is 12.0 Å². The summed E-state index contributed by atoms with van der Waals surface area (Å²) in [5.41, 5.74) is 0.551. The lowest BCUT2D eigenvalue weighted by molar-refractivity contribution is -0.137. The lowest BCUT2D eigenvalue weighted by Gasteiger charge is -2.11. The van der Waals surface area contributed by atoms with E-state index in [1.165, 1.54) is 6.07 Å². The zero-order chi connectivity index (χ0) is 13.8. The number of aliphatic hydroxyl groups excluding tert-OH is 1. The standard InChI is InChI=1S/C11H11F3O2.C2H6/c12-11(13,14)9-2-1-7-4-10(15)6-16-5-8(7)3-9;1-2/h1-3,10,15H,4-6H2;1-2H3. The minimum absolute atomic E-state index is 0.121. The third kappa shape index (κ3) is 3.71. The van der Waals surface area contributed by atoms with Gasteiger partial charge >= 0.3 is 6.18 Å². The van der Waals surface area contributed by atoms with Crippen molar-refractivity contribution in [2.24, 2.45) is 0 Å². The van der Waals surface area contributed by atoms with Crippen LogP contribution in [0.3, 0.4) is 0 Å². The van der Waals surface area contributed by atoms with Gasteiger partial charge in [-0.25, -0.2) is 0 Å². The maximum absolute atomic E-state index is 12.4. The molecule has 0 saturated heterocycles. The van der Waals surface area contributed by atoms with Crippen molar-refractivity contribution in [1.29, 1.82) is 0 Å². The van der Waals surface area contributed by atoms with Crippen LogP contribution in [0.15, 0.2) is 18.2 Å². The molecule has 0 aromatic heterocycles. The largest absolute Gasteiger partial charge is 0.416 e. The first-order valence-electron chi connectivity index (χ1n) is 5.91. The molecule has 102 valence electrons.